The average molecular weight is 337 g/mol. The molecule has 2 aromatic rings. The Hall–Kier alpha value is -2.20. The van der Waals surface area contributed by atoms with Crippen molar-refractivity contribution in [3.8, 4) is 0 Å². The van der Waals surface area contributed by atoms with Gasteiger partial charge in [0, 0.05) is 24.5 Å². The molecule has 4 nitrogen and oxygen atoms in total. The summed E-state index contributed by atoms with van der Waals surface area (Å²) in [4.78, 5) is 19.0. The highest BCUT2D eigenvalue weighted by molar-refractivity contribution is 5.94. The van der Waals surface area contributed by atoms with Gasteiger partial charge in [0.2, 0.25) is 0 Å². The molecule has 0 spiro atoms. The van der Waals surface area contributed by atoms with Crippen LogP contribution in [-0.4, -0.2) is 41.5 Å². The van der Waals surface area contributed by atoms with E-state index in [1.54, 1.807) is 6.20 Å². The van der Waals surface area contributed by atoms with Crippen LogP contribution in [0.1, 0.15) is 40.9 Å². The van der Waals surface area contributed by atoms with Crippen molar-refractivity contribution in [2.45, 2.75) is 38.6 Å². The van der Waals surface area contributed by atoms with Crippen molar-refractivity contribution in [2.75, 3.05) is 19.6 Å². The molecule has 0 aliphatic carbocycles. The number of likely N-dealkylation sites (tertiary alicyclic amines) is 1. The van der Waals surface area contributed by atoms with Gasteiger partial charge in [0.25, 0.3) is 5.91 Å². The number of benzene rings is 1. The van der Waals surface area contributed by atoms with Crippen molar-refractivity contribution in [1.29, 1.82) is 0 Å². The highest BCUT2D eigenvalue weighted by Gasteiger charge is 2.21. The maximum atomic E-state index is 12.4. The highest BCUT2D eigenvalue weighted by Crippen LogP contribution is 2.12. The van der Waals surface area contributed by atoms with Crippen molar-refractivity contribution < 1.29 is 4.79 Å². The monoisotopic (exact) mass is 337 g/mol. The van der Waals surface area contributed by atoms with Gasteiger partial charge in [-0.2, -0.15) is 0 Å². The minimum atomic E-state index is -0.0105. The minimum absolute atomic E-state index is 0.0105. The van der Waals surface area contributed by atoms with Crippen LogP contribution in [0.2, 0.25) is 0 Å². The van der Waals surface area contributed by atoms with Gasteiger partial charge in [-0.25, -0.2) is 0 Å². The van der Waals surface area contributed by atoms with Crippen LogP contribution in [0.5, 0.6) is 0 Å². The topological polar surface area (TPSA) is 45.2 Å². The van der Waals surface area contributed by atoms with Crippen LogP contribution in [-0.2, 0) is 6.42 Å². The number of amides is 1. The van der Waals surface area contributed by atoms with Crippen molar-refractivity contribution >= 4 is 5.91 Å². The number of rotatable bonds is 6. The maximum Gasteiger partial charge on any atom is 0.253 e. The van der Waals surface area contributed by atoms with E-state index in [1.807, 2.05) is 19.1 Å². The van der Waals surface area contributed by atoms with E-state index in [9.17, 15) is 4.79 Å². The molecular formula is C21H27N3O. The van der Waals surface area contributed by atoms with Gasteiger partial charge in [-0.05, 0) is 63.4 Å². The van der Waals surface area contributed by atoms with Crippen LogP contribution in [0.25, 0.3) is 0 Å². The van der Waals surface area contributed by atoms with Crippen LogP contribution < -0.4 is 5.32 Å². The fraction of sp³-hybridized carbons (Fsp3) is 0.429. The van der Waals surface area contributed by atoms with Crippen LogP contribution in [0.3, 0.4) is 0 Å². The van der Waals surface area contributed by atoms with Crippen LogP contribution in [0.4, 0.5) is 0 Å². The second-order valence-corrected chi connectivity index (χ2v) is 6.89. The predicted octanol–water partition coefficient (Wildman–Crippen LogP) is 3.22. The van der Waals surface area contributed by atoms with Crippen LogP contribution in [0, 0.1) is 6.92 Å². The normalized spacial score (nSPS) is 18.0. The molecule has 1 saturated heterocycles. The molecular weight excluding hydrogens is 310 g/mol. The fourth-order valence-electron chi connectivity index (χ4n) is 3.40. The second-order valence-electron chi connectivity index (χ2n) is 6.89. The Kier molecular flexibility index (Phi) is 6.18. The third-order valence-corrected chi connectivity index (χ3v) is 4.80. The van der Waals surface area contributed by atoms with Crippen molar-refractivity contribution in [1.82, 2.24) is 15.2 Å². The standard InChI is InChI=1S/C21H27N3O/c1-17-11-12-19(15-22-17)21(25)23-20-10-6-14-24(16-20)13-5-9-18-7-3-2-4-8-18/h2-4,7-8,11-12,15,20H,5-6,9-10,13-14,16H2,1H3,(H,23,25)/t20-/m0/s1. The molecule has 1 aromatic carbocycles. The lowest BCUT2D eigenvalue weighted by Crippen LogP contribution is -2.48. The number of nitrogens with zero attached hydrogens (tertiary/aromatic N) is 2. The zero-order valence-corrected chi connectivity index (χ0v) is 14.9. The number of carbonyl (C=O) groups is 1. The van der Waals surface area contributed by atoms with Crippen molar-refractivity contribution in [2.24, 2.45) is 0 Å². The van der Waals surface area contributed by atoms with E-state index in [0.29, 0.717) is 5.56 Å². The van der Waals surface area contributed by atoms with Gasteiger partial charge >= 0.3 is 0 Å². The summed E-state index contributed by atoms with van der Waals surface area (Å²) in [6, 6.07) is 14.6. The van der Waals surface area contributed by atoms with Crippen LogP contribution >= 0.6 is 0 Å². The smallest absolute Gasteiger partial charge is 0.253 e. The molecule has 1 fully saturated rings. The predicted molar refractivity (Wildman–Crippen MR) is 101 cm³/mol. The number of hydrogen-bond acceptors (Lipinski definition) is 3. The van der Waals surface area contributed by atoms with Crippen LogP contribution in [0.15, 0.2) is 48.7 Å². The molecule has 0 bridgehead atoms. The third-order valence-electron chi connectivity index (χ3n) is 4.80. The van der Waals surface area contributed by atoms with E-state index in [1.165, 1.54) is 5.56 Å². The van der Waals surface area contributed by atoms with Gasteiger partial charge in [-0.15, -0.1) is 0 Å². The number of piperidine rings is 1. The van der Waals surface area contributed by atoms with Gasteiger partial charge in [0.15, 0.2) is 0 Å². The Morgan fingerprint density at radius 1 is 1.24 bits per heavy atom. The molecule has 1 aromatic heterocycles. The first-order valence-electron chi connectivity index (χ1n) is 9.20. The minimum Gasteiger partial charge on any atom is -0.348 e. The number of hydrogen-bond donors (Lipinski definition) is 1. The summed E-state index contributed by atoms with van der Waals surface area (Å²) in [5.41, 5.74) is 2.97. The Bertz CT molecular complexity index is 669. The molecule has 1 amide bonds. The Labute approximate surface area is 150 Å². The zero-order valence-electron chi connectivity index (χ0n) is 14.9. The first kappa shape index (κ1) is 17.6. The molecule has 25 heavy (non-hydrogen) atoms. The first-order chi connectivity index (χ1) is 12.2. The van der Waals surface area contributed by atoms with E-state index in [0.717, 1.165) is 51.0 Å². The summed E-state index contributed by atoms with van der Waals surface area (Å²) in [5.74, 6) is -0.0105. The molecule has 1 atom stereocenters. The Morgan fingerprint density at radius 3 is 2.84 bits per heavy atom. The summed E-state index contributed by atoms with van der Waals surface area (Å²) in [7, 11) is 0. The summed E-state index contributed by atoms with van der Waals surface area (Å²) in [6.07, 6.45) is 6.13. The Balaban J connectivity index is 1.44. The largest absolute Gasteiger partial charge is 0.348 e. The first-order valence-corrected chi connectivity index (χ1v) is 9.20. The van der Waals surface area contributed by atoms with Gasteiger partial charge < -0.3 is 10.2 Å². The number of nitrogens with one attached hydrogen (secondary N) is 1. The molecule has 3 rings (SSSR count). The Morgan fingerprint density at radius 2 is 2.08 bits per heavy atom. The number of carbonyl (C=O) groups excluding carboxylic acids is 1. The maximum absolute atomic E-state index is 12.4. The van der Waals surface area contributed by atoms with E-state index in [-0.39, 0.29) is 11.9 Å². The van der Waals surface area contributed by atoms with E-state index in [2.05, 4.69) is 45.5 Å². The molecule has 132 valence electrons. The third kappa shape index (κ3) is 5.40. The number of pyridine rings is 1. The van der Waals surface area contributed by atoms with Gasteiger partial charge in [-0.1, -0.05) is 30.3 Å². The molecule has 4 heteroatoms. The summed E-state index contributed by atoms with van der Waals surface area (Å²) in [6.45, 7) is 5.09. The molecule has 1 aliphatic heterocycles. The highest BCUT2D eigenvalue weighted by atomic mass is 16.1. The zero-order chi connectivity index (χ0) is 17.5. The second kappa shape index (κ2) is 8.77. The molecule has 0 saturated carbocycles. The quantitative estimate of drug-likeness (QED) is 0.880. The van der Waals surface area contributed by atoms with Crippen molar-refractivity contribution in [3.05, 3.63) is 65.5 Å². The average Bonchev–Trinajstić information content (AvgIpc) is 2.63. The van der Waals surface area contributed by atoms with E-state index < -0.39 is 0 Å². The number of aryl methyl sites for hydroxylation is 2. The molecule has 1 aliphatic rings. The SMILES string of the molecule is Cc1ccc(C(=O)N[C@H]2CCCN(CCCc3ccccc3)C2)cn1. The lowest BCUT2D eigenvalue weighted by Gasteiger charge is -2.33. The van der Waals surface area contributed by atoms with E-state index >= 15 is 0 Å². The van der Waals surface area contributed by atoms with Gasteiger partial charge in [0.05, 0.1) is 5.56 Å². The fourth-order valence-corrected chi connectivity index (χ4v) is 3.40. The molecule has 0 unspecified atom stereocenters. The van der Waals surface area contributed by atoms with Gasteiger partial charge in [-0.3, -0.25) is 9.78 Å². The van der Waals surface area contributed by atoms with Gasteiger partial charge in [0.1, 0.15) is 0 Å². The summed E-state index contributed by atoms with van der Waals surface area (Å²) < 4.78 is 0. The lowest BCUT2D eigenvalue weighted by atomic mass is 10.0. The molecule has 1 N–H and O–H groups in total. The molecule has 2 heterocycles. The summed E-state index contributed by atoms with van der Waals surface area (Å²) in [5, 5.41) is 3.17. The van der Waals surface area contributed by atoms with E-state index in [4.69, 9.17) is 0 Å². The number of aromatic nitrogens is 1. The van der Waals surface area contributed by atoms with Crippen molar-refractivity contribution in [3.63, 3.8) is 0 Å². The molecule has 0 radical (unpaired) electrons. The summed E-state index contributed by atoms with van der Waals surface area (Å²) >= 11 is 0. The lowest BCUT2D eigenvalue weighted by molar-refractivity contribution is 0.0903.